The van der Waals surface area contributed by atoms with Crippen LogP contribution in [-0.2, 0) is 6.54 Å². The zero-order valence-corrected chi connectivity index (χ0v) is 11.1. The van der Waals surface area contributed by atoms with E-state index in [9.17, 15) is 8.78 Å². The first-order chi connectivity index (χ1) is 9.22. The van der Waals surface area contributed by atoms with Crippen LogP contribution in [0.15, 0.2) is 18.2 Å². The van der Waals surface area contributed by atoms with Gasteiger partial charge >= 0.3 is 0 Å². The van der Waals surface area contributed by atoms with Crippen LogP contribution in [0.5, 0.6) is 0 Å². The molecular formula is C15H20F2N2. The van der Waals surface area contributed by atoms with Crippen molar-refractivity contribution in [2.24, 2.45) is 0 Å². The van der Waals surface area contributed by atoms with E-state index in [1.54, 1.807) is 0 Å². The van der Waals surface area contributed by atoms with Gasteiger partial charge in [-0.1, -0.05) is 6.42 Å². The van der Waals surface area contributed by atoms with E-state index < -0.39 is 0 Å². The summed E-state index contributed by atoms with van der Waals surface area (Å²) in [4.78, 5) is 4.80. The molecule has 0 radical (unpaired) electrons. The van der Waals surface area contributed by atoms with Gasteiger partial charge in [-0.05, 0) is 37.6 Å². The molecule has 2 nitrogen and oxygen atoms in total. The van der Waals surface area contributed by atoms with E-state index in [4.69, 9.17) is 0 Å². The molecule has 1 unspecified atom stereocenters. The van der Waals surface area contributed by atoms with Crippen LogP contribution in [0.1, 0.15) is 24.8 Å². The van der Waals surface area contributed by atoms with Crippen LogP contribution in [0, 0.1) is 11.6 Å². The molecule has 0 aliphatic carbocycles. The highest BCUT2D eigenvalue weighted by Crippen LogP contribution is 2.22. The molecule has 0 aromatic heterocycles. The predicted octanol–water partition coefficient (Wildman–Crippen LogP) is 2.63. The molecule has 2 aliphatic heterocycles. The Morgan fingerprint density at radius 3 is 2.89 bits per heavy atom. The third kappa shape index (κ3) is 2.95. The predicted molar refractivity (Wildman–Crippen MR) is 70.8 cm³/mol. The summed E-state index contributed by atoms with van der Waals surface area (Å²) in [5.41, 5.74) is 0.476. The number of hydrogen-bond donors (Lipinski definition) is 0. The normalized spacial score (nSPS) is 25.3. The summed E-state index contributed by atoms with van der Waals surface area (Å²) in [6.07, 6.45) is 3.83. The Balaban J connectivity index is 1.65. The molecule has 1 aromatic carbocycles. The van der Waals surface area contributed by atoms with Crippen LogP contribution in [-0.4, -0.2) is 42.0 Å². The highest BCUT2D eigenvalue weighted by atomic mass is 19.1. The van der Waals surface area contributed by atoms with Gasteiger partial charge in [0.1, 0.15) is 11.6 Å². The van der Waals surface area contributed by atoms with Crippen LogP contribution >= 0.6 is 0 Å². The van der Waals surface area contributed by atoms with Crippen molar-refractivity contribution in [3.05, 3.63) is 35.4 Å². The molecular weight excluding hydrogens is 246 g/mol. The van der Waals surface area contributed by atoms with Crippen molar-refractivity contribution in [1.82, 2.24) is 9.80 Å². The Bertz CT molecular complexity index is 450. The smallest absolute Gasteiger partial charge is 0.127 e. The average Bonchev–Trinajstić information content (AvgIpc) is 2.43. The first-order valence-corrected chi connectivity index (χ1v) is 7.13. The van der Waals surface area contributed by atoms with Crippen molar-refractivity contribution in [2.45, 2.75) is 31.8 Å². The second kappa shape index (κ2) is 5.55. The van der Waals surface area contributed by atoms with Crippen molar-refractivity contribution >= 4 is 0 Å². The fourth-order valence-electron chi connectivity index (χ4n) is 3.27. The van der Waals surface area contributed by atoms with Crippen molar-refractivity contribution in [3.63, 3.8) is 0 Å². The molecule has 0 amide bonds. The third-order valence-corrected chi connectivity index (χ3v) is 4.32. The SMILES string of the molecule is Fc1ccc(F)c(CN2CCN3CCCCC3C2)c1. The first-order valence-electron chi connectivity index (χ1n) is 7.13. The van der Waals surface area contributed by atoms with Gasteiger partial charge in [-0.15, -0.1) is 0 Å². The van der Waals surface area contributed by atoms with Gasteiger partial charge in [-0.25, -0.2) is 8.78 Å². The molecule has 4 heteroatoms. The molecule has 0 spiro atoms. The van der Waals surface area contributed by atoms with Gasteiger partial charge in [-0.2, -0.15) is 0 Å². The third-order valence-electron chi connectivity index (χ3n) is 4.32. The highest BCUT2D eigenvalue weighted by Gasteiger charge is 2.28. The summed E-state index contributed by atoms with van der Waals surface area (Å²) in [6, 6.07) is 4.33. The largest absolute Gasteiger partial charge is 0.298 e. The number of piperazine rings is 1. The van der Waals surface area contributed by atoms with Crippen molar-refractivity contribution in [3.8, 4) is 0 Å². The number of halogens is 2. The maximum Gasteiger partial charge on any atom is 0.127 e. The average molecular weight is 266 g/mol. The van der Waals surface area contributed by atoms with Crippen molar-refractivity contribution in [2.75, 3.05) is 26.2 Å². The Labute approximate surface area is 113 Å². The number of benzene rings is 1. The molecule has 2 aliphatic rings. The van der Waals surface area contributed by atoms with Crippen LogP contribution in [0.25, 0.3) is 0 Å². The first kappa shape index (κ1) is 13.0. The highest BCUT2D eigenvalue weighted by molar-refractivity contribution is 5.18. The van der Waals surface area contributed by atoms with Crippen LogP contribution < -0.4 is 0 Å². The summed E-state index contributed by atoms with van der Waals surface area (Å²) in [5, 5.41) is 0. The maximum absolute atomic E-state index is 13.7. The molecule has 2 heterocycles. The van der Waals surface area contributed by atoms with E-state index in [1.165, 1.54) is 44.0 Å². The summed E-state index contributed by atoms with van der Waals surface area (Å²) in [7, 11) is 0. The van der Waals surface area contributed by atoms with Gasteiger partial charge in [0.05, 0.1) is 0 Å². The summed E-state index contributed by atoms with van der Waals surface area (Å²) < 4.78 is 26.8. The minimum atomic E-state index is -0.354. The maximum atomic E-state index is 13.7. The van der Waals surface area contributed by atoms with E-state index in [-0.39, 0.29) is 11.6 Å². The fraction of sp³-hybridized carbons (Fsp3) is 0.600. The monoisotopic (exact) mass is 266 g/mol. The lowest BCUT2D eigenvalue weighted by Crippen LogP contribution is -2.54. The Kier molecular flexibility index (Phi) is 3.80. The number of fused-ring (bicyclic) bond motifs is 1. The number of nitrogens with zero attached hydrogens (tertiary/aromatic N) is 2. The molecule has 19 heavy (non-hydrogen) atoms. The molecule has 0 N–H and O–H groups in total. The fourth-order valence-corrected chi connectivity index (χ4v) is 3.27. The summed E-state index contributed by atoms with van der Waals surface area (Å²) >= 11 is 0. The number of piperidine rings is 1. The van der Waals surface area contributed by atoms with Crippen LogP contribution in [0.4, 0.5) is 8.78 Å². The second-order valence-electron chi connectivity index (χ2n) is 5.66. The lowest BCUT2D eigenvalue weighted by Gasteiger charge is -2.44. The molecule has 1 atom stereocenters. The molecule has 2 saturated heterocycles. The number of hydrogen-bond acceptors (Lipinski definition) is 2. The molecule has 0 saturated carbocycles. The molecule has 0 bridgehead atoms. The number of rotatable bonds is 2. The van der Waals surface area contributed by atoms with Crippen molar-refractivity contribution < 1.29 is 8.78 Å². The standard InChI is InChI=1S/C15H20F2N2/c16-13-4-5-15(17)12(9-13)10-18-7-8-19-6-2-1-3-14(19)11-18/h4-5,9,14H,1-3,6-8,10-11H2. The second-order valence-corrected chi connectivity index (χ2v) is 5.66. The molecule has 2 fully saturated rings. The summed E-state index contributed by atoms with van der Waals surface area (Å²) in [5.74, 6) is -0.653. The lowest BCUT2D eigenvalue weighted by atomic mass is 9.99. The minimum absolute atomic E-state index is 0.299. The quantitative estimate of drug-likeness (QED) is 0.812. The topological polar surface area (TPSA) is 6.48 Å². The zero-order valence-electron chi connectivity index (χ0n) is 11.1. The van der Waals surface area contributed by atoms with Gasteiger partial charge < -0.3 is 0 Å². The van der Waals surface area contributed by atoms with E-state index in [2.05, 4.69) is 9.80 Å². The van der Waals surface area contributed by atoms with Gasteiger partial charge in [-0.3, -0.25) is 9.80 Å². The van der Waals surface area contributed by atoms with Gasteiger partial charge in [0.15, 0.2) is 0 Å². The summed E-state index contributed by atoms with van der Waals surface area (Å²) in [6.45, 7) is 4.71. The van der Waals surface area contributed by atoms with Gasteiger partial charge in [0.2, 0.25) is 0 Å². The van der Waals surface area contributed by atoms with E-state index in [0.717, 1.165) is 19.6 Å². The van der Waals surface area contributed by atoms with Crippen LogP contribution in [0.2, 0.25) is 0 Å². The Morgan fingerprint density at radius 1 is 1.11 bits per heavy atom. The molecule has 3 rings (SSSR count). The van der Waals surface area contributed by atoms with E-state index in [1.807, 2.05) is 0 Å². The van der Waals surface area contributed by atoms with Gasteiger partial charge in [0.25, 0.3) is 0 Å². The van der Waals surface area contributed by atoms with Crippen molar-refractivity contribution in [1.29, 1.82) is 0 Å². The zero-order chi connectivity index (χ0) is 13.2. The Hall–Kier alpha value is -1.00. The van der Waals surface area contributed by atoms with E-state index >= 15 is 0 Å². The molecule has 1 aromatic rings. The van der Waals surface area contributed by atoms with Crippen LogP contribution in [0.3, 0.4) is 0 Å². The minimum Gasteiger partial charge on any atom is -0.298 e. The Morgan fingerprint density at radius 2 is 2.00 bits per heavy atom. The van der Waals surface area contributed by atoms with Gasteiger partial charge in [0, 0.05) is 37.8 Å². The molecule has 104 valence electrons. The lowest BCUT2D eigenvalue weighted by molar-refractivity contribution is 0.0451. The van der Waals surface area contributed by atoms with E-state index in [0.29, 0.717) is 18.2 Å².